The zero-order valence-electron chi connectivity index (χ0n) is 9.26. The molecule has 1 rings (SSSR count). The second-order valence-electron chi connectivity index (χ2n) is 3.64. The van der Waals surface area contributed by atoms with Crippen LogP contribution >= 0.6 is 0 Å². The van der Waals surface area contributed by atoms with Crippen LogP contribution in [-0.4, -0.2) is 40.0 Å². The summed E-state index contributed by atoms with van der Waals surface area (Å²) >= 11 is 0. The van der Waals surface area contributed by atoms with E-state index in [0.29, 0.717) is 5.56 Å². The number of carboxylic acid groups (broad SMARTS) is 1. The molecule has 0 radical (unpaired) electrons. The molecule has 0 aromatic heterocycles. The number of hydrogen-bond acceptors (Lipinski definition) is 2. The van der Waals surface area contributed by atoms with E-state index < -0.39 is 31.5 Å². The molecule has 2 N–H and O–H groups in total. The molecule has 0 fully saturated rings. The summed E-state index contributed by atoms with van der Waals surface area (Å²) < 4.78 is 37.7. The Morgan fingerprint density at radius 3 is 2.22 bits per heavy atom. The van der Waals surface area contributed by atoms with Crippen molar-refractivity contribution in [3.63, 3.8) is 0 Å². The number of nitrogens with zero attached hydrogens (tertiary/aromatic N) is 1. The lowest BCUT2D eigenvalue weighted by molar-refractivity contribution is -0.188. The normalized spacial score (nSPS) is 13.1. The SMILES string of the molecule is O=C(O)N(Cc1ccccc1)C(CO)C(F)(F)F. The Hall–Kier alpha value is -1.76. The van der Waals surface area contributed by atoms with Gasteiger partial charge in [-0.25, -0.2) is 4.79 Å². The molecular formula is C11H12F3NO3. The summed E-state index contributed by atoms with van der Waals surface area (Å²) in [5.41, 5.74) is 0.419. The van der Waals surface area contributed by atoms with Crippen LogP contribution in [0.5, 0.6) is 0 Å². The van der Waals surface area contributed by atoms with Gasteiger partial charge < -0.3 is 10.2 Å². The molecule has 1 unspecified atom stereocenters. The largest absolute Gasteiger partial charge is 0.465 e. The number of amides is 1. The molecule has 0 aliphatic carbocycles. The predicted molar refractivity (Wildman–Crippen MR) is 56.9 cm³/mol. The average molecular weight is 263 g/mol. The van der Waals surface area contributed by atoms with Crippen LogP contribution < -0.4 is 0 Å². The van der Waals surface area contributed by atoms with Gasteiger partial charge in [-0.15, -0.1) is 0 Å². The van der Waals surface area contributed by atoms with Crippen molar-refractivity contribution in [2.24, 2.45) is 0 Å². The summed E-state index contributed by atoms with van der Waals surface area (Å²) in [7, 11) is 0. The van der Waals surface area contributed by atoms with E-state index in [1.54, 1.807) is 18.2 Å². The first kappa shape index (κ1) is 14.3. The van der Waals surface area contributed by atoms with Gasteiger partial charge >= 0.3 is 12.3 Å². The lowest BCUT2D eigenvalue weighted by Gasteiger charge is -2.29. The fourth-order valence-corrected chi connectivity index (χ4v) is 1.47. The number of alkyl halides is 3. The Morgan fingerprint density at radius 1 is 1.28 bits per heavy atom. The fraction of sp³-hybridized carbons (Fsp3) is 0.364. The van der Waals surface area contributed by atoms with Crippen LogP contribution in [0.3, 0.4) is 0 Å². The van der Waals surface area contributed by atoms with Crippen LogP contribution in [0.4, 0.5) is 18.0 Å². The van der Waals surface area contributed by atoms with Crippen LogP contribution in [0.2, 0.25) is 0 Å². The molecule has 0 aliphatic heterocycles. The van der Waals surface area contributed by atoms with Crippen LogP contribution in [0.25, 0.3) is 0 Å². The third kappa shape index (κ3) is 3.63. The first-order chi connectivity index (χ1) is 8.36. The van der Waals surface area contributed by atoms with Crippen molar-refractivity contribution in [2.75, 3.05) is 6.61 Å². The molecule has 1 amide bonds. The topological polar surface area (TPSA) is 60.8 Å². The van der Waals surface area contributed by atoms with Gasteiger partial charge in [-0.1, -0.05) is 30.3 Å². The van der Waals surface area contributed by atoms with Crippen molar-refractivity contribution in [3.8, 4) is 0 Å². The lowest BCUT2D eigenvalue weighted by Crippen LogP contribution is -2.50. The van der Waals surface area contributed by atoms with Crippen LogP contribution in [0.1, 0.15) is 5.56 Å². The number of halogens is 3. The Kier molecular flexibility index (Phi) is 4.55. The Bertz CT molecular complexity index is 394. The summed E-state index contributed by atoms with van der Waals surface area (Å²) in [4.78, 5) is 11.0. The van der Waals surface area contributed by atoms with Crippen molar-refractivity contribution in [3.05, 3.63) is 35.9 Å². The summed E-state index contributed by atoms with van der Waals surface area (Å²) in [5, 5.41) is 17.5. The quantitative estimate of drug-likeness (QED) is 0.874. The molecule has 1 aromatic carbocycles. The molecule has 0 bridgehead atoms. The lowest BCUT2D eigenvalue weighted by atomic mass is 10.2. The number of aliphatic hydroxyl groups excluding tert-OH is 1. The highest BCUT2D eigenvalue weighted by Gasteiger charge is 2.45. The standard InChI is InChI=1S/C11H12F3NO3/c12-11(13,14)9(7-16)15(10(17)18)6-8-4-2-1-3-5-8/h1-5,9,16H,6-7H2,(H,17,18). The maximum absolute atomic E-state index is 12.6. The minimum atomic E-state index is -4.80. The van der Waals surface area contributed by atoms with Gasteiger partial charge in [0.05, 0.1) is 6.61 Å². The summed E-state index contributed by atoms with van der Waals surface area (Å²) in [6, 6.07) is 5.47. The van der Waals surface area contributed by atoms with Gasteiger partial charge in [0.2, 0.25) is 0 Å². The maximum atomic E-state index is 12.6. The van der Waals surface area contributed by atoms with E-state index in [0.717, 1.165) is 0 Å². The first-order valence-corrected chi connectivity index (χ1v) is 5.07. The smallest absolute Gasteiger partial charge is 0.411 e. The molecule has 7 heteroatoms. The van der Waals surface area contributed by atoms with Crippen molar-refractivity contribution in [1.82, 2.24) is 4.90 Å². The van der Waals surface area contributed by atoms with Crippen molar-refractivity contribution >= 4 is 6.09 Å². The number of carbonyl (C=O) groups is 1. The fourth-order valence-electron chi connectivity index (χ4n) is 1.47. The highest BCUT2D eigenvalue weighted by atomic mass is 19.4. The van der Waals surface area contributed by atoms with Crippen molar-refractivity contribution in [2.45, 2.75) is 18.8 Å². The number of aliphatic hydroxyl groups is 1. The molecule has 1 aromatic rings. The van der Waals surface area contributed by atoms with Crippen molar-refractivity contribution < 1.29 is 28.2 Å². The van der Waals surface area contributed by atoms with Crippen LogP contribution in [0, 0.1) is 0 Å². The average Bonchev–Trinajstić information content (AvgIpc) is 2.28. The van der Waals surface area contributed by atoms with E-state index in [2.05, 4.69) is 0 Å². The second kappa shape index (κ2) is 5.72. The maximum Gasteiger partial charge on any atom is 0.411 e. The van der Waals surface area contributed by atoms with E-state index in [1.807, 2.05) is 0 Å². The molecule has 0 heterocycles. The van der Waals surface area contributed by atoms with Gasteiger partial charge in [0.15, 0.2) is 6.04 Å². The van der Waals surface area contributed by atoms with E-state index in [4.69, 9.17) is 10.2 Å². The minimum absolute atomic E-state index is 0.176. The van der Waals surface area contributed by atoms with Gasteiger partial charge in [0.1, 0.15) is 0 Å². The highest BCUT2D eigenvalue weighted by Crippen LogP contribution is 2.26. The molecule has 100 valence electrons. The molecule has 0 aliphatic rings. The Labute approximate surface area is 101 Å². The van der Waals surface area contributed by atoms with Gasteiger partial charge in [-0.3, -0.25) is 4.90 Å². The second-order valence-corrected chi connectivity index (χ2v) is 3.64. The molecule has 0 saturated heterocycles. The first-order valence-electron chi connectivity index (χ1n) is 5.07. The molecule has 1 atom stereocenters. The van der Waals surface area contributed by atoms with E-state index >= 15 is 0 Å². The van der Waals surface area contributed by atoms with E-state index in [-0.39, 0.29) is 4.90 Å². The molecule has 4 nitrogen and oxygen atoms in total. The van der Waals surface area contributed by atoms with Gasteiger partial charge in [-0.05, 0) is 5.56 Å². The molecule has 18 heavy (non-hydrogen) atoms. The minimum Gasteiger partial charge on any atom is -0.465 e. The number of benzene rings is 1. The zero-order valence-corrected chi connectivity index (χ0v) is 9.26. The van der Waals surface area contributed by atoms with Crippen molar-refractivity contribution in [1.29, 1.82) is 0 Å². The molecular weight excluding hydrogens is 251 g/mol. The van der Waals surface area contributed by atoms with Crippen LogP contribution in [0.15, 0.2) is 30.3 Å². The Balaban J connectivity index is 2.93. The summed E-state index contributed by atoms with van der Waals surface area (Å²) in [5.74, 6) is 0. The number of rotatable bonds is 4. The number of hydrogen-bond donors (Lipinski definition) is 2. The van der Waals surface area contributed by atoms with Gasteiger partial charge in [0.25, 0.3) is 0 Å². The summed E-state index contributed by atoms with van der Waals surface area (Å²) in [6.45, 7) is -1.73. The Morgan fingerprint density at radius 2 is 1.83 bits per heavy atom. The van der Waals surface area contributed by atoms with Gasteiger partial charge in [0, 0.05) is 6.54 Å². The van der Waals surface area contributed by atoms with Crippen LogP contribution in [-0.2, 0) is 6.54 Å². The third-order valence-electron chi connectivity index (χ3n) is 2.37. The highest BCUT2D eigenvalue weighted by molar-refractivity contribution is 5.65. The monoisotopic (exact) mass is 263 g/mol. The third-order valence-corrected chi connectivity index (χ3v) is 2.37. The van der Waals surface area contributed by atoms with Gasteiger partial charge in [-0.2, -0.15) is 13.2 Å². The summed E-state index contributed by atoms with van der Waals surface area (Å²) in [6.07, 6.45) is -6.53. The molecule has 0 spiro atoms. The van der Waals surface area contributed by atoms with E-state index in [1.165, 1.54) is 12.1 Å². The molecule has 0 saturated carbocycles. The predicted octanol–water partition coefficient (Wildman–Crippen LogP) is 2.09. The zero-order chi connectivity index (χ0) is 13.8. The van der Waals surface area contributed by atoms with E-state index in [9.17, 15) is 18.0 Å².